The van der Waals surface area contributed by atoms with Crippen molar-refractivity contribution < 1.29 is 0 Å². The molecule has 0 radical (unpaired) electrons. The van der Waals surface area contributed by atoms with Gasteiger partial charge in [0.25, 0.3) is 0 Å². The van der Waals surface area contributed by atoms with Gasteiger partial charge in [0.05, 0.1) is 0 Å². The zero-order valence-corrected chi connectivity index (χ0v) is 13.1. The van der Waals surface area contributed by atoms with Crippen LogP contribution in [-0.4, -0.2) is 0 Å². The van der Waals surface area contributed by atoms with Crippen molar-refractivity contribution in [3.63, 3.8) is 0 Å². The highest BCUT2D eigenvalue weighted by Gasteiger charge is 2.28. The van der Waals surface area contributed by atoms with Crippen LogP contribution in [0.15, 0.2) is 24.3 Å². The van der Waals surface area contributed by atoms with Crippen molar-refractivity contribution >= 4 is 22.7 Å². The Hall–Kier alpha value is -2.40. The molecule has 2 nitrogen and oxygen atoms in total. The fraction of sp³-hybridized carbons (Fsp3) is 0.111. The lowest BCUT2D eigenvalue weighted by Crippen LogP contribution is -1.86. The number of rotatable bonds is 0. The first-order valence-corrected chi connectivity index (χ1v) is 8.62. The van der Waals surface area contributed by atoms with Gasteiger partial charge in [-0.05, 0) is 70.5 Å². The molecule has 0 unspecified atom stereocenters. The van der Waals surface area contributed by atoms with E-state index in [-0.39, 0.29) is 0 Å². The maximum atomic E-state index is 9.07. The maximum absolute atomic E-state index is 9.07. The summed E-state index contributed by atoms with van der Waals surface area (Å²) < 4.78 is 0. The van der Waals surface area contributed by atoms with E-state index in [0.717, 1.165) is 22.6 Å². The van der Waals surface area contributed by atoms with E-state index in [1.165, 1.54) is 43.1 Å². The van der Waals surface area contributed by atoms with Gasteiger partial charge in [-0.15, -0.1) is 22.7 Å². The summed E-state index contributed by atoms with van der Waals surface area (Å²) >= 11 is 3.20. The Labute approximate surface area is 135 Å². The molecule has 0 aliphatic heterocycles. The minimum atomic E-state index is 0.800. The van der Waals surface area contributed by atoms with Crippen LogP contribution in [0.3, 0.4) is 0 Å². The minimum Gasteiger partial charge on any atom is -0.192 e. The molecule has 2 aromatic heterocycles. The third-order valence-corrected chi connectivity index (χ3v) is 6.65. The van der Waals surface area contributed by atoms with Crippen molar-refractivity contribution in [3.8, 4) is 33.0 Å². The molecule has 5 rings (SSSR count). The first-order chi connectivity index (χ1) is 10.8. The van der Waals surface area contributed by atoms with Crippen molar-refractivity contribution in [1.29, 1.82) is 10.5 Å². The van der Waals surface area contributed by atoms with Crippen LogP contribution in [0.25, 0.3) is 20.9 Å². The monoisotopic (exact) mass is 316 g/mol. The van der Waals surface area contributed by atoms with E-state index < -0.39 is 0 Å². The average Bonchev–Trinajstić information content (AvgIpc) is 3.22. The largest absolute Gasteiger partial charge is 0.192 e. The lowest BCUT2D eigenvalue weighted by Gasteiger charge is -2.05. The number of benzene rings is 1. The molecule has 0 spiro atoms. The normalized spacial score (nSPS) is 13.0. The SMILES string of the molecule is N#Cc1cc2c(s1)-c1cc3c(cc1C2)-c1sc(C#N)cc1C3. The first-order valence-electron chi connectivity index (χ1n) is 6.99. The van der Waals surface area contributed by atoms with Gasteiger partial charge in [-0.2, -0.15) is 10.5 Å². The smallest absolute Gasteiger partial charge is 0.110 e. The summed E-state index contributed by atoms with van der Waals surface area (Å²) in [5.41, 5.74) is 7.87. The van der Waals surface area contributed by atoms with E-state index in [0.29, 0.717) is 0 Å². The van der Waals surface area contributed by atoms with E-state index in [1.54, 1.807) is 22.7 Å². The molecule has 0 saturated carbocycles. The van der Waals surface area contributed by atoms with E-state index in [1.807, 2.05) is 12.1 Å². The molecule has 0 amide bonds. The summed E-state index contributed by atoms with van der Waals surface area (Å²) in [5, 5.41) is 18.1. The van der Waals surface area contributed by atoms with E-state index in [4.69, 9.17) is 10.5 Å². The second kappa shape index (κ2) is 4.08. The van der Waals surface area contributed by atoms with Crippen molar-refractivity contribution in [3.05, 3.63) is 56.3 Å². The quantitative estimate of drug-likeness (QED) is 0.416. The lowest BCUT2D eigenvalue weighted by molar-refractivity contribution is 1.24. The van der Waals surface area contributed by atoms with Crippen LogP contribution >= 0.6 is 22.7 Å². The van der Waals surface area contributed by atoms with Crippen LogP contribution in [0.4, 0.5) is 0 Å². The summed E-state index contributed by atoms with van der Waals surface area (Å²) in [5.74, 6) is 0. The van der Waals surface area contributed by atoms with Gasteiger partial charge in [-0.25, -0.2) is 0 Å². The van der Waals surface area contributed by atoms with Gasteiger partial charge in [-0.3, -0.25) is 0 Å². The van der Waals surface area contributed by atoms with Gasteiger partial charge in [0.1, 0.15) is 21.9 Å². The van der Waals surface area contributed by atoms with Crippen LogP contribution < -0.4 is 0 Å². The molecule has 2 heterocycles. The molecule has 1 aromatic carbocycles. The van der Waals surface area contributed by atoms with Crippen LogP contribution in [0.1, 0.15) is 32.0 Å². The van der Waals surface area contributed by atoms with Crippen LogP contribution in [0, 0.1) is 22.7 Å². The Morgan fingerprint density at radius 2 is 1.14 bits per heavy atom. The highest BCUT2D eigenvalue weighted by Crippen LogP contribution is 2.49. The highest BCUT2D eigenvalue weighted by molar-refractivity contribution is 7.16. The second-order valence-corrected chi connectivity index (χ2v) is 7.78. The number of hydrogen-bond donors (Lipinski definition) is 0. The first kappa shape index (κ1) is 12.2. The fourth-order valence-electron chi connectivity index (χ4n) is 3.50. The third kappa shape index (κ3) is 1.46. The van der Waals surface area contributed by atoms with Gasteiger partial charge in [-0.1, -0.05) is 0 Å². The Balaban J connectivity index is 1.69. The zero-order chi connectivity index (χ0) is 14.8. The average molecular weight is 316 g/mol. The Morgan fingerprint density at radius 3 is 1.55 bits per heavy atom. The second-order valence-electron chi connectivity index (χ2n) is 5.67. The third-order valence-electron chi connectivity index (χ3n) is 4.42. The fourth-order valence-corrected chi connectivity index (χ4v) is 5.56. The van der Waals surface area contributed by atoms with Crippen LogP contribution in [0.5, 0.6) is 0 Å². The number of thiophene rings is 2. The molecule has 2 aliphatic carbocycles. The molecule has 0 N–H and O–H groups in total. The van der Waals surface area contributed by atoms with Crippen molar-refractivity contribution in [1.82, 2.24) is 0 Å². The van der Waals surface area contributed by atoms with Crippen LogP contribution in [-0.2, 0) is 12.8 Å². The number of nitriles is 2. The summed E-state index contributed by atoms with van der Waals surface area (Å²) in [6.07, 6.45) is 1.84. The molecule has 0 atom stereocenters. The van der Waals surface area contributed by atoms with E-state index in [2.05, 4.69) is 24.3 Å². The molecule has 22 heavy (non-hydrogen) atoms. The predicted molar refractivity (Wildman–Crippen MR) is 88.1 cm³/mol. The van der Waals surface area contributed by atoms with Crippen LogP contribution in [0.2, 0.25) is 0 Å². The molecule has 2 aliphatic rings. The van der Waals surface area contributed by atoms with Gasteiger partial charge in [0.15, 0.2) is 0 Å². The Morgan fingerprint density at radius 1 is 0.682 bits per heavy atom. The molecule has 3 aromatic rings. The van der Waals surface area contributed by atoms with Crippen molar-refractivity contribution in [2.45, 2.75) is 12.8 Å². The summed E-state index contributed by atoms with van der Waals surface area (Å²) in [6, 6.07) is 13.1. The highest BCUT2D eigenvalue weighted by atomic mass is 32.1. The molecule has 102 valence electrons. The summed E-state index contributed by atoms with van der Waals surface area (Å²) in [7, 11) is 0. The summed E-state index contributed by atoms with van der Waals surface area (Å²) in [6.45, 7) is 0. The zero-order valence-electron chi connectivity index (χ0n) is 11.4. The number of nitrogens with zero attached hydrogens (tertiary/aromatic N) is 2. The van der Waals surface area contributed by atoms with Gasteiger partial charge in [0, 0.05) is 9.75 Å². The molecule has 0 saturated heterocycles. The van der Waals surface area contributed by atoms with Crippen molar-refractivity contribution in [2.75, 3.05) is 0 Å². The standard InChI is InChI=1S/C18H8N2S2/c19-7-13-3-11-1-9-5-16-10(6-15(9)17(11)21-13)2-12-4-14(8-20)22-18(12)16/h3-6H,1-2H2. The van der Waals surface area contributed by atoms with Gasteiger partial charge in [0.2, 0.25) is 0 Å². The van der Waals surface area contributed by atoms with Gasteiger partial charge >= 0.3 is 0 Å². The number of hydrogen-bond acceptors (Lipinski definition) is 4. The van der Waals surface area contributed by atoms with E-state index >= 15 is 0 Å². The summed E-state index contributed by atoms with van der Waals surface area (Å²) in [4.78, 5) is 4.13. The predicted octanol–water partition coefficient (Wildman–Crippen LogP) is 4.70. The lowest BCUT2D eigenvalue weighted by atomic mass is 10.0. The van der Waals surface area contributed by atoms with Gasteiger partial charge < -0.3 is 0 Å². The molecular weight excluding hydrogens is 308 g/mol. The maximum Gasteiger partial charge on any atom is 0.110 e. The molecule has 0 fully saturated rings. The molecular formula is C18H8N2S2. The number of fused-ring (bicyclic) bond motifs is 6. The van der Waals surface area contributed by atoms with Crippen molar-refractivity contribution in [2.24, 2.45) is 0 Å². The Kier molecular flexibility index (Phi) is 2.26. The van der Waals surface area contributed by atoms with E-state index in [9.17, 15) is 0 Å². The minimum absolute atomic E-state index is 0.800. The molecule has 4 heteroatoms. The Bertz CT molecular complexity index is 968. The molecule has 0 bridgehead atoms. The topological polar surface area (TPSA) is 47.6 Å².